The lowest BCUT2D eigenvalue weighted by Crippen LogP contribution is -1.97. The summed E-state index contributed by atoms with van der Waals surface area (Å²) in [6.45, 7) is 0. The molecule has 1 saturated carbocycles. The molecule has 0 bridgehead atoms. The highest BCUT2D eigenvalue weighted by atomic mass is 14.3. The zero-order valence-electron chi connectivity index (χ0n) is 11.4. The predicted molar refractivity (Wildman–Crippen MR) is 73.7 cm³/mol. The molecule has 1 nitrogen and oxygen atoms in total. The second kappa shape index (κ2) is 10.6. The maximum atomic E-state index is 9.09. The van der Waals surface area contributed by atoms with Crippen LogP contribution >= 0.6 is 0 Å². The van der Waals surface area contributed by atoms with E-state index in [4.69, 9.17) is 5.26 Å². The molecule has 0 heterocycles. The molecule has 0 aromatic rings. The van der Waals surface area contributed by atoms with Crippen molar-refractivity contribution in [3.8, 4) is 6.07 Å². The fourth-order valence-electron chi connectivity index (χ4n) is 2.82. The molecule has 98 valence electrons. The van der Waals surface area contributed by atoms with E-state index in [1.807, 2.05) is 0 Å². The predicted octanol–water partition coefficient (Wildman–Crippen LogP) is 5.60. The second-order valence-electron chi connectivity index (χ2n) is 5.65. The van der Waals surface area contributed by atoms with Crippen LogP contribution in [0, 0.1) is 17.2 Å². The summed E-state index contributed by atoms with van der Waals surface area (Å²) < 4.78 is 0. The van der Waals surface area contributed by atoms with Crippen molar-refractivity contribution >= 4 is 0 Å². The van der Waals surface area contributed by atoms with Crippen molar-refractivity contribution in [3.05, 3.63) is 0 Å². The molecule has 0 unspecified atom stereocenters. The van der Waals surface area contributed by atoms with Gasteiger partial charge in [-0.2, -0.15) is 5.26 Å². The standard InChI is InChI=1S/C16H29N/c17-15-16-13-11-9-7-5-3-1-2-4-6-8-10-12-14-16/h16H,1-14H2. The van der Waals surface area contributed by atoms with E-state index >= 15 is 0 Å². The average molecular weight is 235 g/mol. The SMILES string of the molecule is N#CC1CCCCCCCCCCCCCC1. The highest BCUT2D eigenvalue weighted by Gasteiger charge is 2.07. The quantitative estimate of drug-likeness (QED) is 0.536. The van der Waals surface area contributed by atoms with Gasteiger partial charge in [0.2, 0.25) is 0 Å². The van der Waals surface area contributed by atoms with Gasteiger partial charge in [0.25, 0.3) is 0 Å². The Bertz CT molecular complexity index is 188. The van der Waals surface area contributed by atoms with Crippen molar-refractivity contribution in [2.45, 2.75) is 89.9 Å². The first-order chi connectivity index (χ1) is 8.43. The van der Waals surface area contributed by atoms with Gasteiger partial charge >= 0.3 is 0 Å². The lowest BCUT2D eigenvalue weighted by atomic mass is 9.96. The van der Waals surface area contributed by atoms with E-state index in [0.717, 1.165) is 12.8 Å². The Labute approximate surface area is 108 Å². The number of rotatable bonds is 0. The van der Waals surface area contributed by atoms with Gasteiger partial charge in [-0.3, -0.25) is 0 Å². The molecule has 1 aliphatic carbocycles. The minimum atomic E-state index is 0.347. The van der Waals surface area contributed by atoms with Gasteiger partial charge in [-0.05, 0) is 12.8 Å². The molecule has 1 fully saturated rings. The van der Waals surface area contributed by atoms with E-state index in [0.29, 0.717) is 5.92 Å². The van der Waals surface area contributed by atoms with Crippen LogP contribution in [0.3, 0.4) is 0 Å². The number of hydrogen-bond acceptors (Lipinski definition) is 1. The van der Waals surface area contributed by atoms with Crippen molar-refractivity contribution < 1.29 is 0 Å². The summed E-state index contributed by atoms with van der Waals surface area (Å²) in [5.41, 5.74) is 0. The first-order valence-corrected chi connectivity index (χ1v) is 7.83. The van der Waals surface area contributed by atoms with Crippen LogP contribution in [0.5, 0.6) is 0 Å². The summed E-state index contributed by atoms with van der Waals surface area (Å²) in [7, 11) is 0. The van der Waals surface area contributed by atoms with Crippen molar-refractivity contribution in [2.75, 3.05) is 0 Å². The molecule has 0 N–H and O–H groups in total. The Kier molecular flexibility index (Phi) is 9.10. The van der Waals surface area contributed by atoms with Crippen LogP contribution in [0.4, 0.5) is 0 Å². The molecule has 0 spiro atoms. The normalized spacial score (nSPS) is 23.2. The third-order valence-electron chi connectivity index (χ3n) is 4.04. The summed E-state index contributed by atoms with van der Waals surface area (Å²) in [4.78, 5) is 0. The fraction of sp³-hybridized carbons (Fsp3) is 0.938. The Morgan fingerprint density at radius 1 is 0.529 bits per heavy atom. The molecule has 0 saturated heterocycles. The van der Waals surface area contributed by atoms with Gasteiger partial charge in [-0.15, -0.1) is 0 Å². The lowest BCUT2D eigenvalue weighted by molar-refractivity contribution is 0.478. The fourth-order valence-corrected chi connectivity index (χ4v) is 2.82. The first-order valence-electron chi connectivity index (χ1n) is 7.83. The molecule has 0 aliphatic heterocycles. The van der Waals surface area contributed by atoms with Gasteiger partial charge in [0, 0.05) is 5.92 Å². The number of nitriles is 1. The maximum Gasteiger partial charge on any atom is 0.0655 e. The van der Waals surface area contributed by atoms with E-state index in [1.54, 1.807) is 0 Å². The van der Waals surface area contributed by atoms with Gasteiger partial charge in [-0.1, -0.05) is 77.0 Å². The molecule has 0 radical (unpaired) electrons. The zero-order chi connectivity index (χ0) is 12.2. The van der Waals surface area contributed by atoms with Crippen LogP contribution < -0.4 is 0 Å². The Morgan fingerprint density at radius 3 is 1.12 bits per heavy atom. The van der Waals surface area contributed by atoms with Crippen LogP contribution in [0.15, 0.2) is 0 Å². The molecule has 17 heavy (non-hydrogen) atoms. The lowest BCUT2D eigenvalue weighted by Gasteiger charge is -2.08. The van der Waals surface area contributed by atoms with E-state index in [1.165, 1.54) is 77.0 Å². The molecular formula is C16H29N. The molecule has 1 heteroatoms. The van der Waals surface area contributed by atoms with Gasteiger partial charge in [-0.25, -0.2) is 0 Å². The molecule has 0 atom stereocenters. The Balaban J connectivity index is 2.19. The van der Waals surface area contributed by atoms with Gasteiger partial charge in [0.1, 0.15) is 0 Å². The van der Waals surface area contributed by atoms with E-state index in [2.05, 4.69) is 6.07 Å². The molecular weight excluding hydrogens is 206 g/mol. The highest BCUT2D eigenvalue weighted by molar-refractivity contribution is 4.82. The molecule has 1 rings (SSSR count). The largest absolute Gasteiger partial charge is 0.198 e. The van der Waals surface area contributed by atoms with Gasteiger partial charge in [0.15, 0.2) is 0 Å². The summed E-state index contributed by atoms with van der Waals surface area (Å²) in [5.74, 6) is 0.347. The van der Waals surface area contributed by atoms with Crippen molar-refractivity contribution in [1.29, 1.82) is 5.26 Å². The highest BCUT2D eigenvalue weighted by Crippen LogP contribution is 2.19. The second-order valence-corrected chi connectivity index (χ2v) is 5.65. The van der Waals surface area contributed by atoms with Crippen molar-refractivity contribution in [1.82, 2.24) is 0 Å². The summed E-state index contributed by atoms with van der Waals surface area (Å²) in [6, 6.07) is 2.50. The minimum absolute atomic E-state index is 0.347. The maximum absolute atomic E-state index is 9.09. The van der Waals surface area contributed by atoms with Crippen LogP contribution in [0.25, 0.3) is 0 Å². The van der Waals surface area contributed by atoms with Gasteiger partial charge < -0.3 is 0 Å². The van der Waals surface area contributed by atoms with Crippen molar-refractivity contribution in [3.63, 3.8) is 0 Å². The first kappa shape index (κ1) is 14.6. The zero-order valence-corrected chi connectivity index (χ0v) is 11.4. The number of hydrogen-bond donors (Lipinski definition) is 0. The van der Waals surface area contributed by atoms with Crippen LogP contribution in [0.1, 0.15) is 89.9 Å². The molecule has 0 aromatic carbocycles. The Morgan fingerprint density at radius 2 is 0.824 bits per heavy atom. The smallest absolute Gasteiger partial charge is 0.0655 e. The average Bonchev–Trinajstić information content (AvgIpc) is 2.36. The summed E-state index contributed by atoms with van der Waals surface area (Å²) >= 11 is 0. The molecule has 1 aliphatic rings. The number of nitrogens with zero attached hydrogens (tertiary/aromatic N) is 1. The topological polar surface area (TPSA) is 23.8 Å². The summed E-state index contributed by atoms with van der Waals surface area (Å²) in [5, 5.41) is 9.09. The molecule has 0 aromatic heterocycles. The Hall–Kier alpha value is -0.510. The molecule has 0 amide bonds. The van der Waals surface area contributed by atoms with Crippen LogP contribution in [-0.4, -0.2) is 0 Å². The van der Waals surface area contributed by atoms with Crippen molar-refractivity contribution in [2.24, 2.45) is 5.92 Å². The van der Waals surface area contributed by atoms with E-state index in [-0.39, 0.29) is 0 Å². The van der Waals surface area contributed by atoms with Crippen LogP contribution in [0.2, 0.25) is 0 Å². The van der Waals surface area contributed by atoms with Crippen LogP contribution in [-0.2, 0) is 0 Å². The van der Waals surface area contributed by atoms with E-state index < -0.39 is 0 Å². The summed E-state index contributed by atoms with van der Waals surface area (Å²) in [6.07, 6.45) is 18.9. The monoisotopic (exact) mass is 235 g/mol. The van der Waals surface area contributed by atoms with E-state index in [9.17, 15) is 0 Å². The van der Waals surface area contributed by atoms with Gasteiger partial charge in [0.05, 0.1) is 6.07 Å². The minimum Gasteiger partial charge on any atom is -0.198 e. The third kappa shape index (κ3) is 8.25. The third-order valence-corrected chi connectivity index (χ3v) is 4.04.